The molecule has 1 aromatic rings. The average molecular weight is 213 g/mol. The van der Waals surface area contributed by atoms with Crippen molar-refractivity contribution in [1.82, 2.24) is 4.98 Å². The third-order valence-corrected chi connectivity index (χ3v) is 2.75. The smallest absolute Gasteiger partial charge is 0.230 e. The number of hydrogen-bond acceptors (Lipinski definition) is 4. The molecule has 1 amide bonds. The Balaban J connectivity index is 2.56. The normalized spacial score (nSPS) is 12.5. The molecule has 1 heterocycles. The van der Waals surface area contributed by atoms with Crippen molar-refractivity contribution in [3.63, 3.8) is 0 Å². The van der Waals surface area contributed by atoms with Crippen LogP contribution in [0.1, 0.15) is 19.5 Å². The lowest BCUT2D eigenvalue weighted by atomic mass is 10.2. The topological polar surface area (TPSA) is 68.0 Å². The molecule has 1 unspecified atom stereocenters. The molecule has 0 saturated heterocycles. The molecular weight excluding hydrogens is 198 g/mol. The van der Waals surface area contributed by atoms with Crippen LogP contribution >= 0.6 is 11.3 Å². The van der Waals surface area contributed by atoms with E-state index in [0.29, 0.717) is 11.7 Å². The first-order valence-corrected chi connectivity index (χ1v) is 5.50. The summed E-state index contributed by atoms with van der Waals surface area (Å²) >= 11 is 1.45. The minimum absolute atomic E-state index is 0.0653. The van der Waals surface area contributed by atoms with Crippen molar-refractivity contribution in [2.24, 2.45) is 11.7 Å². The quantitative estimate of drug-likeness (QED) is 0.790. The van der Waals surface area contributed by atoms with Crippen molar-refractivity contribution >= 4 is 22.4 Å². The molecule has 78 valence electrons. The zero-order valence-corrected chi connectivity index (χ0v) is 9.23. The summed E-state index contributed by atoms with van der Waals surface area (Å²) in [5, 5.41) is 5.34. The van der Waals surface area contributed by atoms with Gasteiger partial charge in [0.25, 0.3) is 0 Å². The first-order valence-electron chi connectivity index (χ1n) is 4.62. The van der Waals surface area contributed by atoms with Crippen LogP contribution in [-0.2, 0) is 11.2 Å². The van der Waals surface area contributed by atoms with E-state index in [4.69, 9.17) is 5.73 Å². The summed E-state index contributed by atoms with van der Waals surface area (Å²) in [6.07, 6.45) is 0.888. The molecule has 0 saturated carbocycles. The van der Waals surface area contributed by atoms with Crippen molar-refractivity contribution in [1.29, 1.82) is 0 Å². The van der Waals surface area contributed by atoms with E-state index in [1.807, 2.05) is 12.3 Å². The van der Waals surface area contributed by atoms with Crippen LogP contribution in [0.15, 0.2) is 5.38 Å². The minimum Gasteiger partial charge on any atom is -0.330 e. The molecule has 0 aliphatic carbocycles. The zero-order valence-electron chi connectivity index (χ0n) is 8.41. The maximum absolute atomic E-state index is 11.4. The molecule has 0 aromatic carbocycles. The largest absolute Gasteiger partial charge is 0.330 e. The molecule has 0 aliphatic rings. The Hall–Kier alpha value is -0.940. The second-order valence-corrected chi connectivity index (χ2v) is 3.98. The second kappa shape index (κ2) is 5.07. The van der Waals surface area contributed by atoms with E-state index >= 15 is 0 Å². The standard InChI is InChI=1S/C9H15N3OS/c1-3-7-5-14-9(11-7)12-8(13)6(2)4-10/h5-6H,3-4,10H2,1-2H3,(H,11,12,13). The Labute approximate surface area is 87.5 Å². The van der Waals surface area contributed by atoms with Crippen molar-refractivity contribution < 1.29 is 4.79 Å². The molecule has 0 fully saturated rings. The lowest BCUT2D eigenvalue weighted by molar-refractivity contribution is -0.119. The number of rotatable bonds is 4. The van der Waals surface area contributed by atoms with Gasteiger partial charge in [-0.05, 0) is 6.42 Å². The highest BCUT2D eigenvalue weighted by Gasteiger charge is 2.12. The van der Waals surface area contributed by atoms with Gasteiger partial charge >= 0.3 is 0 Å². The molecule has 0 bridgehead atoms. The minimum atomic E-state index is -0.163. The van der Waals surface area contributed by atoms with E-state index < -0.39 is 0 Å². The number of hydrogen-bond donors (Lipinski definition) is 2. The zero-order chi connectivity index (χ0) is 10.6. The lowest BCUT2D eigenvalue weighted by Crippen LogP contribution is -2.26. The number of nitrogens with one attached hydrogen (secondary N) is 1. The molecule has 1 rings (SSSR count). The number of amides is 1. The molecule has 0 spiro atoms. The van der Waals surface area contributed by atoms with Crippen LogP contribution in [0.2, 0.25) is 0 Å². The molecular formula is C9H15N3OS. The molecule has 14 heavy (non-hydrogen) atoms. The van der Waals surface area contributed by atoms with Crippen LogP contribution in [0, 0.1) is 5.92 Å². The SMILES string of the molecule is CCc1csc(NC(=O)C(C)CN)n1. The van der Waals surface area contributed by atoms with E-state index in [1.54, 1.807) is 6.92 Å². The summed E-state index contributed by atoms with van der Waals surface area (Å²) in [7, 11) is 0. The van der Waals surface area contributed by atoms with Gasteiger partial charge in [0.2, 0.25) is 5.91 Å². The number of carbonyl (C=O) groups excluding carboxylic acids is 1. The maximum atomic E-state index is 11.4. The average Bonchev–Trinajstić information content (AvgIpc) is 2.64. The van der Waals surface area contributed by atoms with Gasteiger partial charge in [-0.2, -0.15) is 0 Å². The predicted molar refractivity (Wildman–Crippen MR) is 58.3 cm³/mol. The monoisotopic (exact) mass is 213 g/mol. The lowest BCUT2D eigenvalue weighted by Gasteiger charge is -2.06. The molecule has 0 aliphatic heterocycles. The Morgan fingerprint density at radius 2 is 2.50 bits per heavy atom. The highest BCUT2D eigenvalue weighted by molar-refractivity contribution is 7.13. The second-order valence-electron chi connectivity index (χ2n) is 3.12. The highest BCUT2D eigenvalue weighted by Crippen LogP contribution is 2.16. The van der Waals surface area contributed by atoms with Gasteiger partial charge in [-0.1, -0.05) is 13.8 Å². The summed E-state index contributed by atoms with van der Waals surface area (Å²) < 4.78 is 0. The van der Waals surface area contributed by atoms with Crippen molar-refractivity contribution in [2.75, 3.05) is 11.9 Å². The number of nitrogens with two attached hydrogens (primary N) is 1. The molecule has 0 radical (unpaired) electrons. The van der Waals surface area contributed by atoms with E-state index in [2.05, 4.69) is 10.3 Å². The van der Waals surface area contributed by atoms with Gasteiger partial charge in [-0.3, -0.25) is 4.79 Å². The fourth-order valence-electron chi connectivity index (χ4n) is 0.862. The Kier molecular flexibility index (Phi) is 4.03. The summed E-state index contributed by atoms with van der Waals surface area (Å²) in [5.74, 6) is -0.228. The van der Waals surface area contributed by atoms with E-state index in [0.717, 1.165) is 12.1 Å². The first-order chi connectivity index (χ1) is 6.67. The summed E-state index contributed by atoms with van der Waals surface area (Å²) in [4.78, 5) is 15.6. The Bertz CT molecular complexity index is 311. The molecule has 1 atom stereocenters. The number of nitrogens with zero attached hydrogens (tertiary/aromatic N) is 1. The van der Waals surface area contributed by atoms with Crippen molar-refractivity contribution in [2.45, 2.75) is 20.3 Å². The van der Waals surface area contributed by atoms with Crippen molar-refractivity contribution in [3.05, 3.63) is 11.1 Å². The number of thiazole rings is 1. The Morgan fingerprint density at radius 3 is 3.00 bits per heavy atom. The van der Waals surface area contributed by atoms with Crippen LogP contribution in [-0.4, -0.2) is 17.4 Å². The fourth-order valence-corrected chi connectivity index (χ4v) is 1.66. The fraction of sp³-hybridized carbons (Fsp3) is 0.556. The number of aryl methyl sites for hydroxylation is 1. The van der Waals surface area contributed by atoms with Gasteiger partial charge in [0.05, 0.1) is 5.69 Å². The summed E-state index contributed by atoms with van der Waals surface area (Å²) in [6, 6.07) is 0. The molecule has 1 aromatic heterocycles. The van der Waals surface area contributed by atoms with Gasteiger partial charge in [0.1, 0.15) is 0 Å². The Morgan fingerprint density at radius 1 is 1.79 bits per heavy atom. The number of aromatic nitrogens is 1. The number of carbonyl (C=O) groups is 1. The van der Waals surface area contributed by atoms with E-state index in [-0.39, 0.29) is 11.8 Å². The predicted octanol–water partition coefficient (Wildman–Crippen LogP) is 1.24. The third-order valence-electron chi connectivity index (χ3n) is 1.95. The van der Waals surface area contributed by atoms with Gasteiger partial charge < -0.3 is 11.1 Å². The molecule has 3 N–H and O–H groups in total. The first kappa shape index (κ1) is 11.1. The van der Waals surface area contributed by atoms with E-state index in [9.17, 15) is 4.79 Å². The third kappa shape index (κ3) is 2.78. The highest BCUT2D eigenvalue weighted by atomic mass is 32.1. The van der Waals surface area contributed by atoms with Gasteiger partial charge in [0.15, 0.2) is 5.13 Å². The van der Waals surface area contributed by atoms with Crippen LogP contribution < -0.4 is 11.1 Å². The molecule has 5 heteroatoms. The van der Waals surface area contributed by atoms with Gasteiger partial charge in [-0.15, -0.1) is 11.3 Å². The van der Waals surface area contributed by atoms with Crippen LogP contribution in [0.25, 0.3) is 0 Å². The molecule has 4 nitrogen and oxygen atoms in total. The number of anilines is 1. The van der Waals surface area contributed by atoms with Gasteiger partial charge in [0, 0.05) is 17.8 Å². The summed E-state index contributed by atoms with van der Waals surface area (Å²) in [6.45, 7) is 4.19. The van der Waals surface area contributed by atoms with Gasteiger partial charge in [-0.25, -0.2) is 4.98 Å². The van der Waals surface area contributed by atoms with E-state index in [1.165, 1.54) is 11.3 Å². The van der Waals surface area contributed by atoms with Crippen molar-refractivity contribution in [3.8, 4) is 0 Å². The maximum Gasteiger partial charge on any atom is 0.230 e. The van der Waals surface area contributed by atoms with Crippen LogP contribution in [0.5, 0.6) is 0 Å². The van der Waals surface area contributed by atoms with Crippen LogP contribution in [0.4, 0.5) is 5.13 Å². The summed E-state index contributed by atoms with van der Waals surface area (Å²) in [5.41, 5.74) is 6.39. The van der Waals surface area contributed by atoms with Crippen LogP contribution in [0.3, 0.4) is 0 Å².